The third-order valence-electron chi connectivity index (χ3n) is 5.61. The van der Waals surface area contributed by atoms with Gasteiger partial charge in [0.25, 0.3) is 0 Å². The lowest BCUT2D eigenvalue weighted by molar-refractivity contribution is -0.187. The number of aliphatic hydroxyl groups is 4. The Morgan fingerprint density at radius 2 is 1.56 bits per heavy atom. The van der Waals surface area contributed by atoms with Crippen molar-refractivity contribution in [3.63, 3.8) is 0 Å². The fourth-order valence-electron chi connectivity index (χ4n) is 3.78. The van der Waals surface area contributed by atoms with Crippen molar-refractivity contribution in [1.29, 1.82) is 0 Å². The van der Waals surface area contributed by atoms with Crippen LogP contribution in [-0.4, -0.2) is 112 Å². The summed E-state index contributed by atoms with van der Waals surface area (Å²) in [4.78, 5) is 42.5. The van der Waals surface area contributed by atoms with Crippen molar-refractivity contribution in [2.24, 2.45) is 0 Å². The normalized spacial score (nSPS) is 34.1. The molecular formula is C17H25N5O15P2. The number of anilines is 1. The highest BCUT2D eigenvalue weighted by Crippen LogP contribution is 2.60. The summed E-state index contributed by atoms with van der Waals surface area (Å²) in [7, 11) is -10.7. The Labute approximate surface area is 218 Å². The topological polar surface area (TPSA) is 298 Å². The van der Waals surface area contributed by atoms with Crippen LogP contribution in [0.1, 0.15) is 13.2 Å². The first kappa shape index (κ1) is 29.8. The standard InChI is InChI=1S/C17H25N5O15P2/c1-6(23)34-17-13(27)11(25)8(36-17)3-33-39(30,31)37-38(28,29)32-2-7-10(24)12(26)16(35-7)22-5-21-9-14(18)19-4-20-15(9)22/h4-5,7-8,10-13,16-17,24-27H,2-3H2,1H3,(H,28,29)(H,30,31)(H2,18,19,20)/t7-,8-,10-,11-,12-,13-,16-,17+/m1/s1. The molecule has 4 rings (SSSR count). The van der Waals surface area contributed by atoms with Gasteiger partial charge >= 0.3 is 21.6 Å². The van der Waals surface area contributed by atoms with Crippen molar-refractivity contribution in [2.75, 3.05) is 18.9 Å². The number of nitrogens with two attached hydrogens (primary N) is 1. The number of carbonyl (C=O) groups excluding carboxylic acids is 1. The summed E-state index contributed by atoms with van der Waals surface area (Å²) in [6.07, 6.45) is -10.0. The van der Waals surface area contributed by atoms with Crippen molar-refractivity contribution in [3.8, 4) is 0 Å². The maximum Gasteiger partial charge on any atom is 0.481 e. The molecule has 8 N–H and O–H groups in total. The van der Waals surface area contributed by atoms with E-state index in [1.807, 2.05) is 0 Å². The van der Waals surface area contributed by atoms with Crippen LogP contribution >= 0.6 is 15.6 Å². The van der Waals surface area contributed by atoms with Gasteiger partial charge in [0.1, 0.15) is 48.5 Å². The zero-order valence-electron chi connectivity index (χ0n) is 19.8. The number of fused-ring (bicyclic) bond motifs is 1. The summed E-state index contributed by atoms with van der Waals surface area (Å²) in [6, 6.07) is 0. The van der Waals surface area contributed by atoms with E-state index >= 15 is 0 Å². The highest BCUT2D eigenvalue weighted by Gasteiger charge is 2.48. The Bertz CT molecular complexity index is 1300. The molecule has 0 aliphatic carbocycles. The maximum absolute atomic E-state index is 12.3. The molecule has 0 bridgehead atoms. The lowest BCUT2D eigenvalue weighted by atomic mass is 10.1. The van der Waals surface area contributed by atoms with E-state index in [1.165, 1.54) is 10.9 Å². The monoisotopic (exact) mass is 601 g/mol. The SMILES string of the molecule is CC(=O)O[C@H]1O[C@H](COP(=O)(O)OP(=O)(O)OC[C@H]2O[C@@H](n3cnc4c(N)ncnc43)[C@H](O)[C@@H]2O)[C@@H](O)[C@H]1O. The van der Waals surface area contributed by atoms with Gasteiger partial charge in [-0.15, -0.1) is 0 Å². The molecule has 2 aromatic heterocycles. The first-order valence-electron chi connectivity index (χ1n) is 11.0. The average molecular weight is 601 g/mol. The number of hydrogen-bond acceptors (Lipinski definition) is 17. The number of phosphoric acid groups is 2. The third-order valence-corrected chi connectivity index (χ3v) is 8.21. The Kier molecular flexibility index (Phi) is 8.70. The van der Waals surface area contributed by atoms with Gasteiger partial charge in [0, 0.05) is 6.92 Å². The minimum Gasteiger partial charge on any atom is -0.433 e. The summed E-state index contributed by atoms with van der Waals surface area (Å²) >= 11 is 0. The zero-order chi connectivity index (χ0) is 28.7. The van der Waals surface area contributed by atoms with E-state index in [9.17, 15) is 44.1 Å². The average Bonchev–Trinajstić information content (AvgIpc) is 3.47. The Hall–Kier alpha value is -2.16. The van der Waals surface area contributed by atoms with Gasteiger partial charge in [-0.2, -0.15) is 4.31 Å². The highest BCUT2D eigenvalue weighted by molar-refractivity contribution is 7.61. The first-order valence-corrected chi connectivity index (χ1v) is 14.0. The second kappa shape index (κ2) is 11.4. The molecule has 2 aromatic rings. The molecule has 0 amide bonds. The van der Waals surface area contributed by atoms with Crippen molar-refractivity contribution in [1.82, 2.24) is 19.5 Å². The van der Waals surface area contributed by atoms with Crippen LogP contribution in [-0.2, 0) is 41.5 Å². The molecular weight excluding hydrogens is 576 g/mol. The van der Waals surface area contributed by atoms with Crippen molar-refractivity contribution in [3.05, 3.63) is 12.7 Å². The lowest BCUT2D eigenvalue weighted by Crippen LogP contribution is -2.35. The van der Waals surface area contributed by atoms with Gasteiger partial charge in [0.15, 0.2) is 17.7 Å². The van der Waals surface area contributed by atoms with Crippen molar-refractivity contribution in [2.45, 2.75) is 56.1 Å². The summed E-state index contributed by atoms with van der Waals surface area (Å²) in [5.74, 6) is -0.787. The molecule has 2 fully saturated rings. The number of nitrogens with zero attached hydrogens (tertiary/aromatic N) is 4. The summed E-state index contributed by atoms with van der Waals surface area (Å²) in [5.41, 5.74) is 6.08. The van der Waals surface area contributed by atoms with E-state index in [0.29, 0.717) is 0 Å². The second-order valence-corrected chi connectivity index (χ2v) is 11.4. The fourth-order valence-corrected chi connectivity index (χ4v) is 5.87. The maximum atomic E-state index is 12.3. The van der Waals surface area contributed by atoms with Gasteiger partial charge < -0.3 is 50.2 Å². The fraction of sp³-hybridized carbons (Fsp3) is 0.647. The smallest absolute Gasteiger partial charge is 0.433 e. The number of rotatable bonds is 10. The lowest BCUT2D eigenvalue weighted by Gasteiger charge is -2.20. The van der Waals surface area contributed by atoms with Gasteiger partial charge in [-0.3, -0.25) is 18.4 Å². The van der Waals surface area contributed by atoms with Crippen LogP contribution in [0.2, 0.25) is 0 Å². The van der Waals surface area contributed by atoms with Crippen LogP contribution in [0.3, 0.4) is 0 Å². The Morgan fingerprint density at radius 3 is 2.18 bits per heavy atom. The number of nitrogen functional groups attached to an aromatic ring is 1. The van der Waals surface area contributed by atoms with Crippen LogP contribution in [0, 0.1) is 0 Å². The zero-order valence-corrected chi connectivity index (χ0v) is 21.6. The number of imidazole rings is 1. The van der Waals surface area contributed by atoms with Gasteiger partial charge in [-0.1, -0.05) is 0 Å². The highest BCUT2D eigenvalue weighted by atomic mass is 31.3. The van der Waals surface area contributed by atoms with Gasteiger partial charge in [0.2, 0.25) is 6.29 Å². The van der Waals surface area contributed by atoms with Crippen LogP contribution in [0.4, 0.5) is 5.82 Å². The molecule has 10 atom stereocenters. The molecule has 4 heterocycles. The predicted octanol–water partition coefficient (Wildman–Crippen LogP) is -2.71. The summed E-state index contributed by atoms with van der Waals surface area (Å²) < 4.78 is 54.2. The molecule has 20 nitrogen and oxygen atoms in total. The van der Waals surface area contributed by atoms with E-state index in [-0.39, 0.29) is 17.0 Å². The predicted molar refractivity (Wildman–Crippen MR) is 121 cm³/mol. The molecule has 0 aromatic carbocycles. The molecule has 2 aliphatic heterocycles. The molecule has 39 heavy (non-hydrogen) atoms. The number of aromatic nitrogens is 4. The molecule has 0 radical (unpaired) electrons. The van der Waals surface area contributed by atoms with Crippen LogP contribution in [0.5, 0.6) is 0 Å². The van der Waals surface area contributed by atoms with Crippen LogP contribution < -0.4 is 5.73 Å². The van der Waals surface area contributed by atoms with Gasteiger partial charge in [-0.25, -0.2) is 24.1 Å². The molecule has 2 aliphatic rings. The van der Waals surface area contributed by atoms with E-state index in [1.54, 1.807) is 0 Å². The number of esters is 1. The van der Waals surface area contributed by atoms with Crippen molar-refractivity contribution < 1.29 is 71.7 Å². The molecule has 2 saturated heterocycles. The van der Waals surface area contributed by atoms with E-state index in [2.05, 4.69) is 33.0 Å². The largest absolute Gasteiger partial charge is 0.481 e. The number of phosphoric ester groups is 2. The number of carbonyl (C=O) groups is 1. The Morgan fingerprint density at radius 1 is 0.974 bits per heavy atom. The number of ether oxygens (including phenoxy) is 3. The Balaban J connectivity index is 1.32. The minimum absolute atomic E-state index is 0.0510. The number of hydrogen-bond donors (Lipinski definition) is 7. The summed E-state index contributed by atoms with van der Waals surface area (Å²) in [5, 5.41) is 40.5. The molecule has 22 heteroatoms. The van der Waals surface area contributed by atoms with E-state index in [4.69, 9.17) is 15.2 Å². The number of aliphatic hydroxyl groups excluding tert-OH is 4. The van der Waals surface area contributed by atoms with Gasteiger partial charge in [-0.05, 0) is 0 Å². The van der Waals surface area contributed by atoms with Gasteiger partial charge in [0.05, 0.1) is 19.5 Å². The van der Waals surface area contributed by atoms with Crippen LogP contribution in [0.15, 0.2) is 12.7 Å². The van der Waals surface area contributed by atoms with Crippen LogP contribution in [0.25, 0.3) is 11.2 Å². The third kappa shape index (κ3) is 6.60. The molecule has 0 spiro atoms. The summed E-state index contributed by atoms with van der Waals surface area (Å²) in [6.45, 7) is -0.815. The second-order valence-electron chi connectivity index (χ2n) is 8.37. The minimum atomic E-state index is -5.35. The molecule has 0 saturated carbocycles. The quantitative estimate of drug-likeness (QED) is 0.107. The van der Waals surface area contributed by atoms with E-state index < -0.39 is 84.0 Å². The molecule has 218 valence electrons. The first-order chi connectivity index (χ1) is 18.2. The van der Waals surface area contributed by atoms with E-state index in [0.717, 1.165) is 13.3 Å². The van der Waals surface area contributed by atoms with Crippen molar-refractivity contribution >= 4 is 38.6 Å². The molecule has 2 unspecified atom stereocenters.